The lowest BCUT2D eigenvalue weighted by Crippen LogP contribution is -2.61. The van der Waals surface area contributed by atoms with Crippen LogP contribution in [0.3, 0.4) is 0 Å². The van der Waals surface area contributed by atoms with Crippen LogP contribution in [0.1, 0.15) is 26.5 Å². The molecule has 2 N–H and O–H groups in total. The first kappa shape index (κ1) is 15.1. The van der Waals surface area contributed by atoms with Crippen molar-refractivity contribution < 1.29 is 9.21 Å². The number of piperazine rings is 1. The molecule has 0 spiro atoms. The second kappa shape index (κ2) is 6.41. The molecule has 2 heterocycles. The topological polar surface area (TPSA) is 57.5 Å². The Morgan fingerprint density at radius 2 is 2.20 bits per heavy atom. The van der Waals surface area contributed by atoms with Crippen molar-refractivity contribution in [2.24, 2.45) is 0 Å². The third-order valence-electron chi connectivity index (χ3n) is 3.93. The monoisotopic (exact) mass is 279 g/mol. The molecular weight excluding hydrogens is 254 g/mol. The second-order valence-corrected chi connectivity index (χ2v) is 5.95. The van der Waals surface area contributed by atoms with Crippen molar-refractivity contribution in [2.45, 2.75) is 38.8 Å². The summed E-state index contributed by atoms with van der Waals surface area (Å²) in [5, 5.41) is 6.41. The number of amides is 1. The largest absolute Gasteiger partial charge is 0.469 e. The number of furan rings is 1. The zero-order valence-electron chi connectivity index (χ0n) is 12.6. The molecule has 1 fully saturated rings. The molecule has 1 aromatic rings. The lowest BCUT2D eigenvalue weighted by molar-refractivity contribution is -0.132. The molecule has 1 aliphatic heterocycles. The highest BCUT2D eigenvalue weighted by molar-refractivity contribution is 5.85. The fraction of sp³-hybridized carbons (Fsp3) is 0.667. The molecule has 5 nitrogen and oxygen atoms in total. The van der Waals surface area contributed by atoms with Crippen molar-refractivity contribution >= 4 is 5.91 Å². The van der Waals surface area contributed by atoms with Crippen LogP contribution >= 0.6 is 0 Å². The Hall–Kier alpha value is -1.33. The molecule has 5 heteroatoms. The molecule has 1 atom stereocenters. The first-order valence-electron chi connectivity index (χ1n) is 7.29. The van der Waals surface area contributed by atoms with Gasteiger partial charge in [0.2, 0.25) is 5.91 Å². The molecule has 1 aromatic heterocycles. The van der Waals surface area contributed by atoms with E-state index in [1.54, 1.807) is 6.26 Å². The van der Waals surface area contributed by atoms with Gasteiger partial charge in [0, 0.05) is 38.6 Å². The van der Waals surface area contributed by atoms with Gasteiger partial charge >= 0.3 is 0 Å². The molecular formula is C15H25N3O2. The van der Waals surface area contributed by atoms with E-state index < -0.39 is 5.54 Å². The average molecular weight is 279 g/mol. The van der Waals surface area contributed by atoms with Crippen molar-refractivity contribution in [3.8, 4) is 0 Å². The standard InChI is InChI=1S/C15H25N3O2/c1-12(11-13-5-4-10-20-13)17-14(19)15(2,3)18-8-6-16-7-9-18/h4-5,10,12,16H,6-9,11H2,1-3H3,(H,17,19). The zero-order chi connectivity index (χ0) is 14.6. The van der Waals surface area contributed by atoms with E-state index >= 15 is 0 Å². The van der Waals surface area contributed by atoms with E-state index in [1.165, 1.54) is 0 Å². The molecule has 0 radical (unpaired) electrons. The Morgan fingerprint density at radius 1 is 1.50 bits per heavy atom. The van der Waals surface area contributed by atoms with Gasteiger partial charge in [0.05, 0.1) is 11.8 Å². The van der Waals surface area contributed by atoms with Crippen LogP contribution in [0, 0.1) is 0 Å². The highest BCUT2D eigenvalue weighted by Gasteiger charge is 2.35. The molecule has 112 valence electrons. The second-order valence-electron chi connectivity index (χ2n) is 5.95. The number of rotatable bonds is 5. The highest BCUT2D eigenvalue weighted by Crippen LogP contribution is 2.16. The molecule has 0 saturated carbocycles. The summed E-state index contributed by atoms with van der Waals surface area (Å²) < 4.78 is 5.32. The Bertz CT molecular complexity index is 422. The molecule has 1 aliphatic rings. The smallest absolute Gasteiger partial charge is 0.240 e. The number of hydrogen-bond acceptors (Lipinski definition) is 4. The van der Waals surface area contributed by atoms with E-state index in [4.69, 9.17) is 4.42 Å². The minimum absolute atomic E-state index is 0.0656. The molecule has 2 rings (SSSR count). The van der Waals surface area contributed by atoms with Crippen molar-refractivity contribution in [3.63, 3.8) is 0 Å². The van der Waals surface area contributed by atoms with Crippen LogP contribution < -0.4 is 10.6 Å². The van der Waals surface area contributed by atoms with Gasteiger partial charge in [-0.1, -0.05) is 0 Å². The molecule has 0 aliphatic carbocycles. The van der Waals surface area contributed by atoms with Crippen LogP contribution in [-0.2, 0) is 11.2 Å². The van der Waals surface area contributed by atoms with E-state index in [1.807, 2.05) is 32.9 Å². The van der Waals surface area contributed by atoms with Gasteiger partial charge in [0.15, 0.2) is 0 Å². The maximum absolute atomic E-state index is 12.5. The normalized spacial score (nSPS) is 18.8. The Morgan fingerprint density at radius 3 is 2.80 bits per heavy atom. The van der Waals surface area contributed by atoms with Crippen LogP contribution in [0.25, 0.3) is 0 Å². The van der Waals surface area contributed by atoms with Gasteiger partial charge in [-0.25, -0.2) is 0 Å². The first-order valence-corrected chi connectivity index (χ1v) is 7.29. The summed E-state index contributed by atoms with van der Waals surface area (Å²) in [5.41, 5.74) is -0.473. The molecule has 1 amide bonds. The summed E-state index contributed by atoms with van der Waals surface area (Å²) in [4.78, 5) is 14.7. The predicted octanol–water partition coefficient (Wildman–Crippen LogP) is 1.01. The van der Waals surface area contributed by atoms with Crippen LogP contribution in [0.15, 0.2) is 22.8 Å². The number of carbonyl (C=O) groups is 1. The summed E-state index contributed by atoms with van der Waals surface area (Å²) in [6, 6.07) is 3.87. The van der Waals surface area contributed by atoms with E-state index in [2.05, 4.69) is 15.5 Å². The van der Waals surface area contributed by atoms with E-state index in [0.717, 1.165) is 38.4 Å². The molecule has 1 unspecified atom stereocenters. The van der Waals surface area contributed by atoms with Crippen molar-refractivity contribution in [1.29, 1.82) is 0 Å². The van der Waals surface area contributed by atoms with Crippen LogP contribution in [0.5, 0.6) is 0 Å². The Labute approximate surface area is 120 Å². The first-order chi connectivity index (χ1) is 9.50. The molecule has 0 aromatic carbocycles. The molecule has 0 bridgehead atoms. The van der Waals surface area contributed by atoms with Gasteiger partial charge in [-0.15, -0.1) is 0 Å². The fourth-order valence-corrected chi connectivity index (χ4v) is 2.55. The third-order valence-corrected chi connectivity index (χ3v) is 3.93. The van der Waals surface area contributed by atoms with E-state index in [-0.39, 0.29) is 11.9 Å². The quantitative estimate of drug-likeness (QED) is 0.844. The van der Waals surface area contributed by atoms with Crippen molar-refractivity contribution in [2.75, 3.05) is 26.2 Å². The van der Waals surface area contributed by atoms with E-state index in [9.17, 15) is 4.79 Å². The summed E-state index contributed by atoms with van der Waals surface area (Å²) >= 11 is 0. The van der Waals surface area contributed by atoms with Crippen molar-refractivity contribution in [1.82, 2.24) is 15.5 Å². The van der Waals surface area contributed by atoms with Gasteiger partial charge in [0.25, 0.3) is 0 Å². The number of hydrogen-bond donors (Lipinski definition) is 2. The number of nitrogens with one attached hydrogen (secondary N) is 2. The van der Waals surface area contributed by atoms with Gasteiger partial charge < -0.3 is 15.1 Å². The number of carbonyl (C=O) groups excluding carboxylic acids is 1. The zero-order valence-corrected chi connectivity index (χ0v) is 12.6. The molecule has 1 saturated heterocycles. The van der Waals surface area contributed by atoms with Crippen LogP contribution in [-0.4, -0.2) is 48.6 Å². The lowest BCUT2D eigenvalue weighted by Gasteiger charge is -2.40. The highest BCUT2D eigenvalue weighted by atomic mass is 16.3. The van der Waals surface area contributed by atoms with Gasteiger partial charge in [0.1, 0.15) is 5.76 Å². The van der Waals surface area contributed by atoms with Crippen LogP contribution in [0.4, 0.5) is 0 Å². The summed E-state index contributed by atoms with van der Waals surface area (Å²) in [6.07, 6.45) is 2.38. The fourth-order valence-electron chi connectivity index (χ4n) is 2.55. The predicted molar refractivity (Wildman–Crippen MR) is 78.5 cm³/mol. The van der Waals surface area contributed by atoms with Gasteiger partial charge in [-0.3, -0.25) is 9.69 Å². The molecule has 20 heavy (non-hydrogen) atoms. The summed E-state index contributed by atoms with van der Waals surface area (Å²) in [7, 11) is 0. The maximum Gasteiger partial charge on any atom is 0.240 e. The Kier molecular flexibility index (Phi) is 4.83. The SMILES string of the molecule is CC(Cc1ccco1)NC(=O)C(C)(C)N1CCNCC1. The maximum atomic E-state index is 12.5. The summed E-state index contributed by atoms with van der Waals surface area (Å²) in [5.74, 6) is 0.983. The Balaban J connectivity index is 1.89. The minimum Gasteiger partial charge on any atom is -0.469 e. The average Bonchev–Trinajstić information content (AvgIpc) is 2.92. The minimum atomic E-state index is -0.473. The van der Waals surface area contributed by atoms with Gasteiger partial charge in [-0.05, 0) is 32.9 Å². The van der Waals surface area contributed by atoms with Crippen LogP contribution in [0.2, 0.25) is 0 Å². The summed E-state index contributed by atoms with van der Waals surface area (Å²) in [6.45, 7) is 9.70. The van der Waals surface area contributed by atoms with Crippen molar-refractivity contribution in [3.05, 3.63) is 24.2 Å². The lowest BCUT2D eigenvalue weighted by atomic mass is 9.99. The third kappa shape index (κ3) is 3.61. The van der Waals surface area contributed by atoms with Gasteiger partial charge in [-0.2, -0.15) is 0 Å². The number of nitrogens with zero attached hydrogens (tertiary/aromatic N) is 1. The van der Waals surface area contributed by atoms with E-state index in [0.29, 0.717) is 0 Å².